The Hall–Kier alpha value is -5.91. The normalized spacial score (nSPS) is 11.0. The van der Waals surface area contributed by atoms with Crippen LogP contribution >= 0.6 is 0 Å². The molecule has 1 N–H and O–H groups in total. The molecule has 0 bridgehead atoms. The fourth-order valence-corrected chi connectivity index (χ4v) is 4.11. The molecular formula is C30H22FN5O6. The van der Waals surface area contributed by atoms with Crippen molar-refractivity contribution >= 4 is 34.4 Å². The number of rotatable bonds is 9. The maximum Gasteiger partial charge on any atom is 0.315 e. The van der Waals surface area contributed by atoms with E-state index in [0.29, 0.717) is 22.2 Å². The number of nitrogens with zero attached hydrogens (tertiary/aromatic N) is 4. The van der Waals surface area contributed by atoms with E-state index in [2.05, 4.69) is 15.4 Å². The number of hydrogen-bond acceptors (Lipinski definition) is 8. The van der Waals surface area contributed by atoms with Crippen LogP contribution in [0.1, 0.15) is 5.56 Å². The fraction of sp³-hybridized carbons (Fsp3) is 0.0667. The Bertz CT molecular complexity index is 1870. The summed E-state index contributed by atoms with van der Waals surface area (Å²) in [6.45, 7) is -0.583. The van der Waals surface area contributed by atoms with E-state index in [1.807, 2.05) is 6.07 Å². The third kappa shape index (κ3) is 5.97. The fourth-order valence-electron chi connectivity index (χ4n) is 4.11. The summed E-state index contributed by atoms with van der Waals surface area (Å²) in [7, 11) is 1.29. The van der Waals surface area contributed by atoms with E-state index >= 15 is 0 Å². The van der Waals surface area contributed by atoms with Crippen molar-refractivity contribution in [2.45, 2.75) is 0 Å². The van der Waals surface area contributed by atoms with Crippen LogP contribution in [-0.4, -0.2) is 40.4 Å². The molecule has 0 aliphatic carbocycles. The Morgan fingerprint density at radius 3 is 2.50 bits per heavy atom. The van der Waals surface area contributed by atoms with Gasteiger partial charge in [-0.1, -0.05) is 42.5 Å². The number of methoxy groups -OCH3 is 1. The molecule has 0 aliphatic heterocycles. The van der Waals surface area contributed by atoms with Gasteiger partial charge in [-0.15, -0.1) is 0 Å². The van der Waals surface area contributed by atoms with E-state index in [9.17, 15) is 24.1 Å². The predicted octanol–water partition coefficient (Wildman–Crippen LogP) is 5.02. The summed E-state index contributed by atoms with van der Waals surface area (Å²) in [5.41, 5.74) is 0.771. The number of nitro groups is 1. The van der Waals surface area contributed by atoms with Gasteiger partial charge in [0.25, 0.3) is 11.5 Å². The van der Waals surface area contributed by atoms with Crippen molar-refractivity contribution in [1.29, 1.82) is 0 Å². The second kappa shape index (κ2) is 12.1. The highest BCUT2D eigenvalue weighted by molar-refractivity contribution is 5.92. The molecule has 1 amide bonds. The van der Waals surface area contributed by atoms with E-state index in [4.69, 9.17) is 9.47 Å². The van der Waals surface area contributed by atoms with Crippen LogP contribution in [0.25, 0.3) is 22.3 Å². The quantitative estimate of drug-likeness (QED) is 0.150. The molecule has 1 heterocycles. The molecule has 1 aromatic heterocycles. The van der Waals surface area contributed by atoms with Crippen LogP contribution in [-0.2, 0) is 4.79 Å². The van der Waals surface area contributed by atoms with Gasteiger partial charge in [0.05, 0.1) is 29.2 Å². The number of nitro benzene ring substituents is 1. The second-order valence-corrected chi connectivity index (χ2v) is 8.85. The molecule has 0 fully saturated rings. The van der Waals surface area contributed by atoms with Crippen molar-refractivity contribution in [2.75, 3.05) is 19.0 Å². The van der Waals surface area contributed by atoms with Gasteiger partial charge in [-0.2, -0.15) is 9.78 Å². The van der Waals surface area contributed by atoms with Gasteiger partial charge in [-0.05, 0) is 42.5 Å². The first-order valence-corrected chi connectivity index (χ1v) is 12.5. The first-order valence-electron chi connectivity index (χ1n) is 12.5. The molecule has 42 heavy (non-hydrogen) atoms. The number of carbonyl (C=O) groups excluding carboxylic acids is 1. The molecule has 0 atom stereocenters. The Morgan fingerprint density at radius 1 is 1.07 bits per heavy atom. The van der Waals surface area contributed by atoms with Crippen LogP contribution < -0.4 is 20.3 Å². The summed E-state index contributed by atoms with van der Waals surface area (Å²) in [6.07, 6.45) is 1.27. The molecule has 0 saturated carbocycles. The number of aromatic nitrogens is 2. The maximum atomic E-state index is 13.4. The summed E-state index contributed by atoms with van der Waals surface area (Å²) in [4.78, 5) is 41.6. The smallest absolute Gasteiger partial charge is 0.315 e. The third-order valence-electron chi connectivity index (χ3n) is 6.06. The summed E-state index contributed by atoms with van der Waals surface area (Å²) < 4.78 is 25.0. The molecular weight excluding hydrogens is 545 g/mol. The minimum absolute atomic E-state index is 0.0347. The summed E-state index contributed by atoms with van der Waals surface area (Å²) in [6, 6.07) is 23.6. The molecule has 5 rings (SSSR count). The third-order valence-corrected chi connectivity index (χ3v) is 6.06. The van der Waals surface area contributed by atoms with Crippen LogP contribution in [0.2, 0.25) is 0 Å². The lowest BCUT2D eigenvalue weighted by Crippen LogP contribution is -2.21. The predicted molar refractivity (Wildman–Crippen MR) is 155 cm³/mol. The molecule has 12 heteroatoms. The monoisotopic (exact) mass is 567 g/mol. The van der Waals surface area contributed by atoms with Gasteiger partial charge in [0.2, 0.25) is 5.75 Å². The Morgan fingerprint density at radius 2 is 1.79 bits per heavy atom. The van der Waals surface area contributed by atoms with Gasteiger partial charge >= 0.3 is 5.69 Å². The number of halogens is 1. The summed E-state index contributed by atoms with van der Waals surface area (Å²) in [5, 5.41) is 19.1. The van der Waals surface area contributed by atoms with Gasteiger partial charge in [-0.25, -0.2) is 9.37 Å². The molecule has 0 radical (unpaired) electrons. The SMILES string of the molecule is COc1cc(C=Nn2c(-c3ccccc3)nc3ccccc3c2=O)cc([N+](=O)[O-])c1OCC(=O)Nc1ccc(F)cc1. The molecule has 0 aliphatic rings. The summed E-state index contributed by atoms with van der Waals surface area (Å²) in [5.74, 6) is -1.12. The number of anilines is 1. The van der Waals surface area contributed by atoms with Gasteiger partial charge in [0.1, 0.15) is 5.82 Å². The first-order chi connectivity index (χ1) is 20.3. The average Bonchev–Trinajstić information content (AvgIpc) is 3.00. The number of carbonyl (C=O) groups is 1. The number of fused-ring (bicyclic) bond motifs is 1. The van der Waals surface area contributed by atoms with E-state index in [0.717, 1.165) is 4.68 Å². The zero-order valence-electron chi connectivity index (χ0n) is 22.1. The highest BCUT2D eigenvalue weighted by Crippen LogP contribution is 2.38. The first kappa shape index (κ1) is 27.6. The van der Waals surface area contributed by atoms with Gasteiger partial charge < -0.3 is 14.8 Å². The topological polar surface area (TPSA) is 138 Å². The zero-order valence-corrected chi connectivity index (χ0v) is 22.1. The largest absolute Gasteiger partial charge is 0.493 e. The molecule has 0 unspecified atom stereocenters. The van der Waals surface area contributed by atoms with E-state index in [1.165, 1.54) is 49.7 Å². The highest BCUT2D eigenvalue weighted by Gasteiger charge is 2.23. The van der Waals surface area contributed by atoms with E-state index < -0.39 is 34.5 Å². The van der Waals surface area contributed by atoms with Gasteiger partial charge in [-0.3, -0.25) is 19.7 Å². The number of ether oxygens (including phenoxy) is 2. The highest BCUT2D eigenvalue weighted by atomic mass is 19.1. The van der Waals surface area contributed by atoms with Gasteiger partial charge in [0.15, 0.2) is 18.2 Å². The van der Waals surface area contributed by atoms with Crippen molar-refractivity contribution < 1.29 is 23.6 Å². The maximum absolute atomic E-state index is 13.4. The van der Waals surface area contributed by atoms with Crippen molar-refractivity contribution in [2.24, 2.45) is 5.10 Å². The average molecular weight is 568 g/mol. The lowest BCUT2D eigenvalue weighted by molar-refractivity contribution is -0.385. The molecule has 11 nitrogen and oxygen atoms in total. The Kier molecular flexibility index (Phi) is 7.96. The lowest BCUT2D eigenvalue weighted by atomic mass is 10.2. The van der Waals surface area contributed by atoms with Crippen LogP contribution in [0.4, 0.5) is 15.8 Å². The van der Waals surface area contributed by atoms with Crippen LogP contribution in [0, 0.1) is 15.9 Å². The van der Waals surface area contributed by atoms with Gasteiger partial charge in [0, 0.05) is 22.9 Å². The standard InChI is InChI=1S/C30H22FN5O6/c1-41-26-16-19(15-25(36(39)40)28(26)42-18-27(37)33-22-13-11-21(31)12-14-22)17-32-35-29(20-7-3-2-4-8-20)34-24-10-6-5-9-23(24)30(35)38/h2-17H,18H2,1H3,(H,33,37). The minimum atomic E-state index is -0.688. The van der Waals surface area contributed by atoms with Crippen molar-refractivity contribution in [3.8, 4) is 22.9 Å². The van der Waals surface area contributed by atoms with E-state index in [1.54, 1.807) is 48.5 Å². The number of para-hydroxylation sites is 1. The number of amides is 1. The van der Waals surface area contributed by atoms with Crippen molar-refractivity contribution in [3.05, 3.63) is 123 Å². The summed E-state index contributed by atoms with van der Waals surface area (Å²) >= 11 is 0. The van der Waals surface area contributed by atoms with Crippen LogP contribution in [0.5, 0.6) is 11.5 Å². The number of hydrogen-bond donors (Lipinski definition) is 1. The van der Waals surface area contributed by atoms with Crippen molar-refractivity contribution in [3.63, 3.8) is 0 Å². The molecule has 5 aromatic rings. The zero-order chi connectivity index (χ0) is 29.6. The molecule has 0 spiro atoms. The Balaban J connectivity index is 1.48. The molecule has 210 valence electrons. The number of benzene rings is 4. The van der Waals surface area contributed by atoms with E-state index in [-0.39, 0.29) is 22.9 Å². The lowest BCUT2D eigenvalue weighted by Gasteiger charge is -2.12. The Labute approximate surface area is 237 Å². The van der Waals surface area contributed by atoms with Crippen LogP contribution in [0.3, 0.4) is 0 Å². The second-order valence-electron chi connectivity index (χ2n) is 8.85. The minimum Gasteiger partial charge on any atom is -0.493 e. The van der Waals surface area contributed by atoms with Crippen LogP contribution in [0.15, 0.2) is 101 Å². The number of nitrogens with one attached hydrogen (secondary N) is 1. The molecule has 4 aromatic carbocycles. The van der Waals surface area contributed by atoms with Crippen molar-refractivity contribution in [1.82, 2.24) is 9.66 Å². The molecule has 0 saturated heterocycles.